The summed E-state index contributed by atoms with van der Waals surface area (Å²) in [5, 5.41) is 15.6. The van der Waals surface area contributed by atoms with Crippen LogP contribution in [0.2, 0.25) is 0 Å². The van der Waals surface area contributed by atoms with Crippen molar-refractivity contribution in [1.29, 1.82) is 0 Å². The molecule has 0 fully saturated rings. The number of benzene rings is 2. The second kappa shape index (κ2) is 8.02. The number of aromatic hydroxyl groups is 1. The van der Waals surface area contributed by atoms with Crippen molar-refractivity contribution in [2.75, 3.05) is 13.2 Å². The van der Waals surface area contributed by atoms with Crippen LogP contribution in [0, 0.1) is 0 Å². The Kier molecular flexibility index (Phi) is 5.33. The SMILES string of the molecule is O=C(CNC(=O)C1COc2ccccc2O1)N/N=C\c1cccc(O)c1. The Morgan fingerprint density at radius 2 is 2.00 bits per heavy atom. The molecule has 0 saturated heterocycles. The van der Waals surface area contributed by atoms with Gasteiger partial charge < -0.3 is 19.9 Å². The molecule has 8 nitrogen and oxygen atoms in total. The van der Waals surface area contributed by atoms with Crippen LogP contribution in [0.3, 0.4) is 0 Å². The van der Waals surface area contributed by atoms with E-state index in [0.29, 0.717) is 17.1 Å². The number of rotatable bonds is 5. The molecular weight excluding hydrogens is 338 g/mol. The average molecular weight is 355 g/mol. The Morgan fingerprint density at radius 1 is 1.19 bits per heavy atom. The van der Waals surface area contributed by atoms with E-state index in [1.165, 1.54) is 18.3 Å². The van der Waals surface area contributed by atoms with Crippen LogP contribution in [0.25, 0.3) is 0 Å². The Labute approximate surface area is 149 Å². The Balaban J connectivity index is 1.44. The summed E-state index contributed by atoms with van der Waals surface area (Å²) in [5.74, 6) is 0.219. The minimum Gasteiger partial charge on any atom is -0.508 e. The number of carbonyl (C=O) groups is 2. The van der Waals surface area contributed by atoms with Gasteiger partial charge in [-0.15, -0.1) is 0 Å². The lowest BCUT2D eigenvalue weighted by Gasteiger charge is -2.25. The van der Waals surface area contributed by atoms with E-state index in [2.05, 4.69) is 15.8 Å². The van der Waals surface area contributed by atoms with Crippen LogP contribution in [-0.4, -0.2) is 42.4 Å². The number of ether oxygens (including phenoxy) is 2. The third kappa shape index (κ3) is 4.50. The molecular formula is C18H17N3O5. The van der Waals surface area contributed by atoms with Crippen molar-refractivity contribution in [2.24, 2.45) is 5.10 Å². The Bertz CT molecular complexity index is 837. The molecule has 134 valence electrons. The molecule has 0 spiro atoms. The van der Waals surface area contributed by atoms with Gasteiger partial charge in [0.25, 0.3) is 11.8 Å². The molecule has 0 saturated carbocycles. The first kappa shape index (κ1) is 17.3. The zero-order valence-electron chi connectivity index (χ0n) is 13.7. The topological polar surface area (TPSA) is 109 Å². The summed E-state index contributed by atoms with van der Waals surface area (Å²) in [5.41, 5.74) is 2.91. The van der Waals surface area contributed by atoms with E-state index in [4.69, 9.17) is 9.47 Å². The molecule has 8 heteroatoms. The number of carbonyl (C=O) groups excluding carboxylic acids is 2. The lowest BCUT2D eigenvalue weighted by molar-refractivity contribution is -0.132. The van der Waals surface area contributed by atoms with E-state index < -0.39 is 17.9 Å². The summed E-state index contributed by atoms with van der Waals surface area (Å²) in [6.07, 6.45) is 0.558. The predicted octanol–water partition coefficient (Wildman–Crippen LogP) is 0.798. The number of phenols is 1. The molecule has 0 bridgehead atoms. The maximum Gasteiger partial charge on any atom is 0.265 e. The van der Waals surface area contributed by atoms with Gasteiger partial charge in [-0.05, 0) is 29.8 Å². The molecule has 2 aromatic rings. The minimum atomic E-state index is -0.825. The third-order valence-corrected chi connectivity index (χ3v) is 3.50. The van der Waals surface area contributed by atoms with Crippen molar-refractivity contribution in [1.82, 2.24) is 10.7 Å². The van der Waals surface area contributed by atoms with Gasteiger partial charge in [-0.2, -0.15) is 5.10 Å². The van der Waals surface area contributed by atoms with Crippen LogP contribution in [0.15, 0.2) is 53.6 Å². The molecule has 3 N–H and O–H groups in total. The zero-order chi connectivity index (χ0) is 18.4. The van der Waals surface area contributed by atoms with Crippen molar-refractivity contribution in [3.8, 4) is 17.2 Å². The van der Waals surface area contributed by atoms with Crippen LogP contribution in [0.5, 0.6) is 17.2 Å². The van der Waals surface area contributed by atoms with E-state index >= 15 is 0 Å². The van der Waals surface area contributed by atoms with Gasteiger partial charge in [0, 0.05) is 0 Å². The summed E-state index contributed by atoms with van der Waals surface area (Å²) >= 11 is 0. The third-order valence-electron chi connectivity index (χ3n) is 3.50. The van der Waals surface area contributed by atoms with Crippen molar-refractivity contribution in [2.45, 2.75) is 6.10 Å². The van der Waals surface area contributed by atoms with Gasteiger partial charge in [0.05, 0.1) is 12.8 Å². The van der Waals surface area contributed by atoms with Gasteiger partial charge in [0.1, 0.15) is 12.4 Å². The van der Waals surface area contributed by atoms with E-state index in [-0.39, 0.29) is 18.9 Å². The number of nitrogens with zero attached hydrogens (tertiary/aromatic N) is 1. The van der Waals surface area contributed by atoms with E-state index in [9.17, 15) is 14.7 Å². The van der Waals surface area contributed by atoms with Crippen LogP contribution in [-0.2, 0) is 9.59 Å². The van der Waals surface area contributed by atoms with E-state index in [0.717, 1.165) is 0 Å². The maximum absolute atomic E-state index is 12.1. The van der Waals surface area contributed by atoms with Crippen LogP contribution in [0.4, 0.5) is 0 Å². The summed E-state index contributed by atoms with van der Waals surface area (Å²) in [6.45, 7) is -0.183. The number of hydrogen-bond donors (Lipinski definition) is 3. The Morgan fingerprint density at radius 3 is 2.81 bits per heavy atom. The largest absolute Gasteiger partial charge is 0.508 e. The molecule has 26 heavy (non-hydrogen) atoms. The number of hydrazone groups is 1. The molecule has 2 amide bonds. The molecule has 0 aromatic heterocycles. The average Bonchev–Trinajstić information content (AvgIpc) is 2.66. The molecule has 1 unspecified atom stereocenters. The summed E-state index contributed by atoms with van der Waals surface area (Å²) in [4.78, 5) is 23.8. The first-order valence-electron chi connectivity index (χ1n) is 7.89. The summed E-state index contributed by atoms with van der Waals surface area (Å²) < 4.78 is 11.0. The van der Waals surface area contributed by atoms with Crippen molar-refractivity contribution >= 4 is 18.0 Å². The predicted molar refractivity (Wildman–Crippen MR) is 93.2 cm³/mol. The maximum atomic E-state index is 12.1. The molecule has 3 rings (SSSR count). The molecule has 1 atom stereocenters. The van der Waals surface area contributed by atoms with Crippen LogP contribution in [0.1, 0.15) is 5.56 Å². The van der Waals surface area contributed by atoms with Crippen molar-refractivity contribution in [3.63, 3.8) is 0 Å². The standard InChI is InChI=1S/C18H17N3O5/c22-13-5-3-4-12(8-13)9-20-21-17(23)10-19-18(24)16-11-25-14-6-1-2-7-15(14)26-16/h1-9,16,22H,10-11H2,(H,19,24)(H,21,23)/b20-9-. The molecule has 1 aliphatic rings. The lowest BCUT2D eigenvalue weighted by Crippen LogP contribution is -2.46. The highest BCUT2D eigenvalue weighted by atomic mass is 16.6. The van der Waals surface area contributed by atoms with Crippen LogP contribution < -0.4 is 20.2 Å². The van der Waals surface area contributed by atoms with E-state index in [1.54, 1.807) is 30.3 Å². The number of nitrogens with one attached hydrogen (secondary N) is 2. The van der Waals surface area contributed by atoms with Gasteiger partial charge >= 0.3 is 0 Å². The molecule has 0 aliphatic carbocycles. The zero-order valence-corrected chi connectivity index (χ0v) is 13.7. The monoisotopic (exact) mass is 355 g/mol. The second-order valence-corrected chi connectivity index (χ2v) is 5.47. The number of hydrogen-bond acceptors (Lipinski definition) is 6. The van der Waals surface area contributed by atoms with Gasteiger partial charge in [0.15, 0.2) is 11.5 Å². The second-order valence-electron chi connectivity index (χ2n) is 5.47. The molecule has 1 heterocycles. The van der Waals surface area contributed by atoms with Crippen molar-refractivity contribution < 1.29 is 24.2 Å². The minimum absolute atomic E-state index is 0.0696. The number of amides is 2. The number of phenolic OH excluding ortho intramolecular Hbond substituents is 1. The highest BCUT2D eigenvalue weighted by Crippen LogP contribution is 2.30. The van der Waals surface area contributed by atoms with Gasteiger partial charge in [0.2, 0.25) is 6.10 Å². The van der Waals surface area contributed by atoms with Gasteiger partial charge in [-0.25, -0.2) is 5.43 Å². The molecule has 0 radical (unpaired) electrons. The molecule has 1 aliphatic heterocycles. The fraction of sp³-hybridized carbons (Fsp3) is 0.167. The molecule has 2 aromatic carbocycles. The van der Waals surface area contributed by atoms with E-state index in [1.807, 2.05) is 6.07 Å². The smallest absolute Gasteiger partial charge is 0.265 e. The highest BCUT2D eigenvalue weighted by molar-refractivity contribution is 5.88. The van der Waals surface area contributed by atoms with Gasteiger partial charge in [-0.1, -0.05) is 24.3 Å². The normalized spacial score (nSPS) is 15.5. The highest BCUT2D eigenvalue weighted by Gasteiger charge is 2.27. The fourth-order valence-corrected chi connectivity index (χ4v) is 2.25. The van der Waals surface area contributed by atoms with Crippen LogP contribution >= 0.6 is 0 Å². The fourth-order valence-electron chi connectivity index (χ4n) is 2.25. The quantitative estimate of drug-likeness (QED) is 0.543. The Hall–Kier alpha value is -3.55. The summed E-state index contributed by atoms with van der Waals surface area (Å²) in [6, 6.07) is 13.4. The first-order chi connectivity index (χ1) is 12.6. The number of fused-ring (bicyclic) bond motifs is 1. The lowest BCUT2D eigenvalue weighted by atomic mass is 10.2. The van der Waals surface area contributed by atoms with Crippen molar-refractivity contribution in [3.05, 3.63) is 54.1 Å². The van der Waals surface area contributed by atoms with Gasteiger partial charge in [-0.3, -0.25) is 9.59 Å². The first-order valence-corrected chi connectivity index (χ1v) is 7.89. The summed E-state index contributed by atoms with van der Waals surface area (Å²) in [7, 11) is 0. The number of para-hydroxylation sites is 2.